The van der Waals surface area contributed by atoms with Gasteiger partial charge in [0.05, 0.1) is 5.75 Å². The molecular formula is C23H26Cl3FN2O2S. The molecule has 174 valence electrons. The van der Waals surface area contributed by atoms with Crippen molar-refractivity contribution in [3.63, 3.8) is 0 Å². The first-order valence-electron chi connectivity index (χ1n) is 10.1. The van der Waals surface area contributed by atoms with E-state index in [9.17, 15) is 14.0 Å². The molecule has 2 aromatic carbocycles. The van der Waals surface area contributed by atoms with E-state index in [0.29, 0.717) is 32.7 Å². The lowest BCUT2D eigenvalue weighted by molar-refractivity contribution is -0.138. The van der Waals surface area contributed by atoms with Crippen LogP contribution in [0, 0.1) is 11.7 Å². The second-order valence-electron chi connectivity index (χ2n) is 7.77. The highest BCUT2D eigenvalue weighted by Gasteiger charge is 2.27. The Hall–Kier alpha value is -1.47. The van der Waals surface area contributed by atoms with Crippen LogP contribution < -0.4 is 5.32 Å². The smallest absolute Gasteiger partial charge is 0.242 e. The van der Waals surface area contributed by atoms with Crippen molar-refractivity contribution < 1.29 is 14.0 Å². The number of hydrogen-bond donors (Lipinski definition) is 1. The van der Waals surface area contributed by atoms with Crippen molar-refractivity contribution in [1.29, 1.82) is 0 Å². The average Bonchev–Trinajstić information content (AvgIpc) is 2.73. The maximum Gasteiger partial charge on any atom is 0.242 e. The van der Waals surface area contributed by atoms with E-state index in [1.165, 1.54) is 28.8 Å². The maximum atomic E-state index is 14.0. The molecule has 0 saturated heterocycles. The van der Waals surface area contributed by atoms with Gasteiger partial charge in [0, 0.05) is 39.5 Å². The summed E-state index contributed by atoms with van der Waals surface area (Å²) in [6.45, 7) is 6.31. The summed E-state index contributed by atoms with van der Waals surface area (Å²) in [4.78, 5) is 27.2. The lowest BCUT2D eigenvalue weighted by Crippen LogP contribution is -2.48. The Balaban J connectivity index is 2.14. The molecule has 4 nitrogen and oxygen atoms in total. The molecule has 0 spiro atoms. The highest BCUT2D eigenvalue weighted by molar-refractivity contribution is 7.99. The first-order chi connectivity index (χ1) is 15.1. The van der Waals surface area contributed by atoms with Crippen LogP contribution in [-0.4, -0.2) is 35.1 Å². The summed E-state index contributed by atoms with van der Waals surface area (Å²) < 4.78 is 14.0. The maximum absolute atomic E-state index is 14.0. The van der Waals surface area contributed by atoms with Crippen LogP contribution in [0.2, 0.25) is 15.1 Å². The molecule has 0 aliphatic carbocycles. The second-order valence-corrected chi connectivity index (χ2v) is 10.0. The SMILES string of the molecule is CC(C)CNC(=O)C(C)N(Cc1ccc(Cl)cc1Cl)C(=O)CSCc1c(F)cccc1Cl. The predicted molar refractivity (Wildman–Crippen MR) is 132 cm³/mol. The number of carbonyl (C=O) groups is 2. The minimum atomic E-state index is -0.717. The van der Waals surface area contributed by atoms with Gasteiger partial charge in [-0.05, 0) is 42.7 Å². The van der Waals surface area contributed by atoms with Gasteiger partial charge >= 0.3 is 0 Å². The number of hydrogen-bond acceptors (Lipinski definition) is 3. The fourth-order valence-electron chi connectivity index (χ4n) is 2.86. The van der Waals surface area contributed by atoms with Gasteiger partial charge in [-0.25, -0.2) is 4.39 Å². The molecule has 0 aromatic heterocycles. The van der Waals surface area contributed by atoms with Crippen molar-refractivity contribution in [2.75, 3.05) is 12.3 Å². The summed E-state index contributed by atoms with van der Waals surface area (Å²) >= 11 is 19.6. The van der Waals surface area contributed by atoms with Crippen molar-refractivity contribution in [3.05, 3.63) is 68.4 Å². The van der Waals surface area contributed by atoms with E-state index >= 15 is 0 Å². The third-order valence-electron chi connectivity index (χ3n) is 4.74. The zero-order valence-electron chi connectivity index (χ0n) is 18.1. The van der Waals surface area contributed by atoms with Crippen LogP contribution in [0.25, 0.3) is 0 Å². The van der Waals surface area contributed by atoms with Crippen molar-refractivity contribution in [1.82, 2.24) is 10.2 Å². The molecule has 32 heavy (non-hydrogen) atoms. The molecule has 0 heterocycles. The number of amides is 2. The monoisotopic (exact) mass is 518 g/mol. The highest BCUT2D eigenvalue weighted by Crippen LogP contribution is 2.26. The zero-order chi connectivity index (χ0) is 23.8. The van der Waals surface area contributed by atoms with E-state index in [0.717, 1.165) is 0 Å². The summed E-state index contributed by atoms with van der Waals surface area (Å²) in [6.07, 6.45) is 0. The van der Waals surface area contributed by atoms with Crippen LogP contribution in [0.4, 0.5) is 4.39 Å². The molecule has 1 atom stereocenters. The van der Waals surface area contributed by atoms with Crippen LogP contribution in [0.5, 0.6) is 0 Å². The molecule has 9 heteroatoms. The Morgan fingerprint density at radius 2 is 1.81 bits per heavy atom. The highest BCUT2D eigenvalue weighted by atomic mass is 35.5. The van der Waals surface area contributed by atoms with Crippen molar-refractivity contribution in [2.24, 2.45) is 5.92 Å². The summed E-state index contributed by atoms with van der Waals surface area (Å²) in [6, 6.07) is 8.77. The number of carbonyl (C=O) groups excluding carboxylic acids is 2. The fraction of sp³-hybridized carbons (Fsp3) is 0.391. The molecular weight excluding hydrogens is 494 g/mol. The Morgan fingerprint density at radius 3 is 2.44 bits per heavy atom. The van der Waals surface area contributed by atoms with Gasteiger partial charge in [0.2, 0.25) is 11.8 Å². The standard InChI is InChI=1S/C23H26Cl3FN2O2S/c1-14(2)10-28-23(31)15(3)29(11-16-7-8-17(24)9-20(16)26)22(30)13-32-12-18-19(25)5-4-6-21(18)27/h4-9,14-15H,10-13H2,1-3H3,(H,28,31). The number of benzene rings is 2. The van der Waals surface area contributed by atoms with Crippen molar-refractivity contribution >= 4 is 58.4 Å². The molecule has 1 unspecified atom stereocenters. The minimum Gasteiger partial charge on any atom is -0.354 e. The lowest BCUT2D eigenvalue weighted by atomic mass is 10.1. The Bertz CT molecular complexity index is 939. The van der Waals surface area contributed by atoms with Crippen molar-refractivity contribution in [2.45, 2.75) is 39.1 Å². The van der Waals surface area contributed by atoms with Crippen LogP contribution in [0.15, 0.2) is 36.4 Å². The van der Waals surface area contributed by atoms with E-state index in [-0.39, 0.29) is 35.8 Å². The van der Waals surface area contributed by atoms with Gasteiger partial charge in [-0.1, -0.05) is 60.8 Å². The molecule has 0 bridgehead atoms. The van der Waals surface area contributed by atoms with Gasteiger partial charge in [0.15, 0.2) is 0 Å². The van der Waals surface area contributed by atoms with Crippen LogP contribution in [0.1, 0.15) is 31.9 Å². The fourth-order valence-corrected chi connectivity index (χ4v) is 4.58. The molecule has 0 fully saturated rings. The van der Waals surface area contributed by atoms with Gasteiger partial charge in [-0.15, -0.1) is 11.8 Å². The van der Waals surface area contributed by atoms with Crippen LogP contribution in [-0.2, 0) is 21.9 Å². The molecule has 2 rings (SSSR count). The zero-order valence-corrected chi connectivity index (χ0v) is 21.2. The summed E-state index contributed by atoms with van der Waals surface area (Å²) in [7, 11) is 0. The number of nitrogens with one attached hydrogen (secondary N) is 1. The molecule has 0 saturated carbocycles. The number of thioether (sulfide) groups is 1. The third kappa shape index (κ3) is 7.84. The number of rotatable bonds is 10. The quantitative estimate of drug-likeness (QED) is 0.406. The normalized spacial score (nSPS) is 12.0. The molecule has 0 aliphatic heterocycles. The minimum absolute atomic E-state index is 0.0532. The first-order valence-corrected chi connectivity index (χ1v) is 12.4. The topological polar surface area (TPSA) is 49.4 Å². The molecule has 2 amide bonds. The van der Waals surface area contributed by atoms with Gasteiger partial charge in [0.1, 0.15) is 11.9 Å². The lowest BCUT2D eigenvalue weighted by Gasteiger charge is -2.29. The Labute approximate surface area is 207 Å². The van der Waals surface area contributed by atoms with Crippen molar-refractivity contribution in [3.8, 4) is 0 Å². The third-order valence-corrected chi connectivity index (χ3v) is 6.63. The second kappa shape index (κ2) is 12.7. The van der Waals surface area contributed by atoms with E-state index < -0.39 is 11.9 Å². The van der Waals surface area contributed by atoms with Gasteiger partial charge in [-0.3, -0.25) is 9.59 Å². The van der Waals surface area contributed by atoms with E-state index in [1.807, 2.05) is 13.8 Å². The summed E-state index contributed by atoms with van der Waals surface area (Å²) in [5.41, 5.74) is 1.03. The van der Waals surface area contributed by atoms with Gasteiger partial charge in [-0.2, -0.15) is 0 Å². The van der Waals surface area contributed by atoms with E-state index in [4.69, 9.17) is 34.8 Å². The molecule has 0 aliphatic rings. The Kier molecular flexibility index (Phi) is 10.6. The number of nitrogens with zero attached hydrogens (tertiary/aromatic N) is 1. The van der Waals surface area contributed by atoms with E-state index in [2.05, 4.69) is 5.32 Å². The van der Waals surface area contributed by atoms with Crippen LogP contribution in [0.3, 0.4) is 0 Å². The van der Waals surface area contributed by atoms with Crippen LogP contribution >= 0.6 is 46.6 Å². The van der Waals surface area contributed by atoms with E-state index in [1.54, 1.807) is 31.2 Å². The largest absolute Gasteiger partial charge is 0.354 e. The average molecular weight is 520 g/mol. The molecule has 0 radical (unpaired) electrons. The first kappa shape index (κ1) is 26.8. The molecule has 2 aromatic rings. The number of halogens is 4. The predicted octanol–water partition coefficient (Wildman–Crippen LogP) is 6.21. The van der Waals surface area contributed by atoms with Gasteiger partial charge in [0.25, 0.3) is 0 Å². The van der Waals surface area contributed by atoms with Gasteiger partial charge < -0.3 is 10.2 Å². The summed E-state index contributed by atoms with van der Waals surface area (Å²) in [5, 5.41) is 4.07. The summed E-state index contributed by atoms with van der Waals surface area (Å²) in [5.74, 6) is -0.357. The molecule has 1 N–H and O–H groups in total. The Morgan fingerprint density at radius 1 is 1.09 bits per heavy atom.